The van der Waals surface area contributed by atoms with Crippen LogP contribution in [0.25, 0.3) is 21.0 Å². The second-order valence-electron chi connectivity index (χ2n) is 6.34. The Bertz CT molecular complexity index is 1210. The summed E-state index contributed by atoms with van der Waals surface area (Å²) < 4.78 is 8.78. The zero-order valence-electron chi connectivity index (χ0n) is 15.4. The fourth-order valence-corrected chi connectivity index (χ4v) is 4.32. The highest BCUT2D eigenvalue weighted by atomic mass is 32.1. The number of para-hydroxylation sites is 1. The third-order valence-electron chi connectivity index (χ3n) is 4.43. The van der Waals surface area contributed by atoms with E-state index in [9.17, 15) is 4.79 Å². The Morgan fingerprint density at radius 1 is 1.07 bits per heavy atom. The van der Waals surface area contributed by atoms with E-state index < -0.39 is 0 Å². The van der Waals surface area contributed by atoms with Crippen molar-refractivity contribution in [3.63, 3.8) is 0 Å². The van der Waals surface area contributed by atoms with Crippen LogP contribution >= 0.6 is 11.3 Å². The minimum Gasteiger partial charge on any atom is -0.493 e. The molecule has 0 aliphatic carbocycles. The molecule has 0 aliphatic rings. The second kappa shape index (κ2) is 8.23. The number of hydrogen-bond donors (Lipinski definition) is 0. The van der Waals surface area contributed by atoms with E-state index in [1.807, 2.05) is 53.1 Å². The first-order valence-electron chi connectivity index (χ1n) is 9.13. The van der Waals surface area contributed by atoms with Gasteiger partial charge in [-0.2, -0.15) is 4.99 Å². The van der Waals surface area contributed by atoms with Crippen LogP contribution in [-0.4, -0.2) is 17.1 Å². The van der Waals surface area contributed by atoms with Crippen molar-refractivity contribution in [3.8, 4) is 5.75 Å². The average molecular weight is 388 g/mol. The maximum atomic E-state index is 12.4. The molecule has 1 heterocycles. The first-order valence-corrected chi connectivity index (χ1v) is 9.95. The van der Waals surface area contributed by atoms with E-state index in [4.69, 9.17) is 4.74 Å². The number of nitrogens with zero attached hydrogens (tertiary/aromatic N) is 2. The van der Waals surface area contributed by atoms with Crippen LogP contribution in [0.3, 0.4) is 0 Å². The molecule has 28 heavy (non-hydrogen) atoms. The van der Waals surface area contributed by atoms with Crippen molar-refractivity contribution in [3.05, 3.63) is 84.2 Å². The van der Waals surface area contributed by atoms with E-state index in [0.717, 1.165) is 16.0 Å². The Morgan fingerprint density at radius 3 is 2.68 bits per heavy atom. The van der Waals surface area contributed by atoms with Crippen LogP contribution in [0.4, 0.5) is 0 Å². The predicted octanol–water partition coefficient (Wildman–Crippen LogP) is 4.94. The molecule has 0 saturated carbocycles. The van der Waals surface area contributed by atoms with E-state index >= 15 is 0 Å². The summed E-state index contributed by atoms with van der Waals surface area (Å²) in [6.45, 7) is 4.75. The smallest absolute Gasteiger partial charge is 0.251 e. The summed E-state index contributed by atoms with van der Waals surface area (Å²) in [4.78, 5) is 17.5. The third-order valence-corrected chi connectivity index (χ3v) is 5.56. The molecule has 0 spiro atoms. The van der Waals surface area contributed by atoms with Crippen LogP contribution in [0, 0.1) is 0 Å². The molecule has 0 aliphatic heterocycles. The van der Waals surface area contributed by atoms with E-state index in [-0.39, 0.29) is 12.3 Å². The molecule has 0 bridgehead atoms. The number of ether oxygens (including phenoxy) is 1. The Labute approximate surface area is 167 Å². The van der Waals surface area contributed by atoms with Crippen LogP contribution in [-0.2, 0) is 11.3 Å². The summed E-state index contributed by atoms with van der Waals surface area (Å²) in [5.41, 5.74) is 1.07. The van der Waals surface area contributed by atoms with Gasteiger partial charge in [-0.15, -0.1) is 6.58 Å². The van der Waals surface area contributed by atoms with E-state index in [0.29, 0.717) is 18.0 Å². The Morgan fingerprint density at radius 2 is 1.86 bits per heavy atom. The number of thiazole rings is 1. The molecule has 5 heteroatoms. The molecule has 3 aromatic carbocycles. The Hall–Kier alpha value is -3.18. The summed E-state index contributed by atoms with van der Waals surface area (Å²) >= 11 is 1.54. The SMILES string of the molecule is C=CCn1c(=NC(=O)CCOc2ccccc2)sc2c3ccccc3ccc21. The molecular weight excluding hydrogens is 368 g/mol. The van der Waals surface area contributed by atoms with Crippen molar-refractivity contribution in [2.24, 2.45) is 4.99 Å². The van der Waals surface area contributed by atoms with Gasteiger partial charge < -0.3 is 9.30 Å². The van der Waals surface area contributed by atoms with Gasteiger partial charge in [0, 0.05) is 11.9 Å². The molecule has 1 aromatic heterocycles. The van der Waals surface area contributed by atoms with E-state index in [2.05, 4.69) is 35.8 Å². The number of aromatic nitrogens is 1. The van der Waals surface area contributed by atoms with Gasteiger partial charge in [-0.3, -0.25) is 4.79 Å². The zero-order valence-corrected chi connectivity index (χ0v) is 16.2. The van der Waals surface area contributed by atoms with Crippen LogP contribution in [0.2, 0.25) is 0 Å². The summed E-state index contributed by atoms with van der Waals surface area (Å²) in [6.07, 6.45) is 2.06. The fraction of sp³-hybridized carbons (Fsp3) is 0.130. The molecule has 4 aromatic rings. The summed E-state index contributed by atoms with van der Waals surface area (Å²) in [5.74, 6) is 0.565. The third kappa shape index (κ3) is 3.75. The predicted molar refractivity (Wildman–Crippen MR) is 115 cm³/mol. The zero-order chi connectivity index (χ0) is 19.3. The first-order chi connectivity index (χ1) is 13.8. The lowest BCUT2D eigenvalue weighted by atomic mass is 10.1. The van der Waals surface area contributed by atoms with Crippen molar-refractivity contribution < 1.29 is 9.53 Å². The highest BCUT2D eigenvalue weighted by Gasteiger charge is 2.10. The Balaban J connectivity index is 1.64. The van der Waals surface area contributed by atoms with Crippen LogP contribution < -0.4 is 9.54 Å². The van der Waals surface area contributed by atoms with Gasteiger partial charge in [-0.05, 0) is 23.6 Å². The first kappa shape index (κ1) is 18.2. The number of fused-ring (bicyclic) bond motifs is 3. The molecule has 0 fully saturated rings. The quantitative estimate of drug-likeness (QED) is 0.439. The molecule has 1 amide bonds. The van der Waals surface area contributed by atoms with Crippen LogP contribution in [0.1, 0.15) is 6.42 Å². The number of rotatable bonds is 6. The molecule has 0 N–H and O–H groups in total. The molecule has 0 radical (unpaired) electrons. The maximum Gasteiger partial charge on any atom is 0.251 e. The largest absolute Gasteiger partial charge is 0.493 e. The molecule has 0 atom stereocenters. The van der Waals surface area contributed by atoms with Crippen molar-refractivity contribution in [1.29, 1.82) is 0 Å². The van der Waals surface area contributed by atoms with Gasteiger partial charge in [0.1, 0.15) is 5.75 Å². The lowest BCUT2D eigenvalue weighted by molar-refractivity contribution is -0.118. The number of allylic oxidation sites excluding steroid dienone is 1. The number of carbonyl (C=O) groups is 1. The topological polar surface area (TPSA) is 43.6 Å². The molecule has 4 rings (SSSR count). The molecule has 140 valence electrons. The molecular formula is C23H20N2O2S. The van der Waals surface area contributed by atoms with Crippen LogP contribution in [0.5, 0.6) is 5.75 Å². The molecule has 4 nitrogen and oxygen atoms in total. The minimum atomic E-state index is -0.190. The van der Waals surface area contributed by atoms with E-state index in [1.165, 1.54) is 22.1 Å². The normalized spacial score (nSPS) is 11.8. The van der Waals surface area contributed by atoms with Crippen molar-refractivity contribution in [1.82, 2.24) is 4.57 Å². The standard InChI is InChI=1S/C23H20N2O2S/c1-2-15-25-20-13-12-17-8-6-7-11-19(17)22(20)28-23(25)24-21(26)14-16-27-18-9-4-3-5-10-18/h2-13H,1,14-16H2. The number of hydrogen-bond acceptors (Lipinski definition) is 3. The highest BCUT2D eigenvalue weighted by molar-refractivity contribution is 7.17. The number of benzene rings is 3. The number of carbonyl (C=O) groups excluding carboxylic acids is 1. The van der Waals surface area contributed by atoms with Gasteiger partial charge in [0.25, 0.3) is 5.91 Å². The number of amides is 1. The minimum absolute atomic E-state index is 0.190. The van der Waals surface area contributed by atoms with Crippen molar-refractivity contribution >= 4 is 38.2 Å². The highest BCUT2D eigenvalue weighted by Crippen LogP contribution is 2.27. The van der Waals surface area contributed by atoms with Crippen LogP contribution in [0.15, 0.2) is 84.4 Å². The Kier molecular flexibility index (Phi) is 5.35. The van der Waals surface area contributed by atoms with Gasteiger partial charge in [-0.1, -0.05) is 65.9 Å². The summed E-state index contributed by atoms with van der Waals surface area (Å²) in [6, 6.07) is 21.9. The monoisotopic (exact) mass is 388 g/mol. The van der Waals surface area contributed by atoms with Crippen molar-refractivity contribution in [2.75, 3.05) is 6.61 Å². The van der Waals surface area contributed by atoms with Gasteiger partial charge >= 0.3 is 0 Å². The van der Waals surface area contributed by atoms with Crippen molar-refractivity contribution in [2.45, 2.75) is 13.0 Å². The lowest BCUT2D eigenvalue weighted by Crippen LogP contribution is -2.17. The lowest BCUT2D eigenvalue weighted by Gasteiger charge is -2.04. The second-order valence-corrected chi connectivity index (χ2v) is 7.31. The van der Waals surface area contributed by atoms with Gasteiger partial charge in [0.2, 0.25) is 0 Å². The molecule has 0 saturated heterocycles. The fourth-order valence-electron chi connectivity index (χ4n) is 3.12. The van der Waals surface area contributed by atoms with Gasteiger partial charge in [0.15, 0.2) is 4.80 Å². The summed E-state index contributed by atoms with van der Waals surface area (Å²) in [5, 5.41) is 2.35. The summed E-state index contributed by atoms with van der Waals surface area (Å²) in [7, 11) is 0. The van der Waals surface area contributed by atoms with Gasteiger partial charge in [0.05, 0.1) is 23.2 Å². The maximum absolute atomic E-state index is 12.4. The average Bonchev–Trinajstić information content (AvgIpc) is 3.07. The van der Waals surface area contributed by atoms with E-state index in [1.54, 1.807) is 0 Å². The van der Waals surface area contributed by atoms with Gasteiger partial charge in [-0.25, -0.2) is 0 Å². The molecule has 0 unspecified atom stereocenters.